The highest BCUT2D eigenvalue weighted by Crippen LogP contribution is 2.33. The molecule has 44 heavy (non-hydrogen) atoms. The van der Waals surface area contributed by atoms with Crippen LogP contribution in [0, 0.1) is 0 Å². The van der Waals surface area contributed by atoms with Gasteiger partial charge in [-0.1, -0.05) is 76.1 Å². The number of ether oxygens (including phenoxy) is 2. The number of imide groups is 1. The van der Waals surface area contributed by atoms with E-state index >= 15 is 0 Å². The first-order chi connectivity index (χ1) is 21.3. The van der Waals surface area contributed by atoms with Crippen molar-refractivity contribution in [3.8, 4) is 11.5 Å². The minimum absolute atomic E-state index is 0.0538. The first kappa shape index (κ1) is 29.0. The van der Waals surface area contributed by atoms with Gasteiger partial charge in [0.05, 0.1) is 22.4 Å². The van der Waals surface area contributed by atoms with Crippen molar-refractivity contribution in [1.29, 1.82) is 0 Å². The monoisotopic (exact) mass is 665 g/mol. The third-order valence-corrected chi connectivity index (χ3v) is 7.72. The number of nitrogens with zero attached hydrogens (tertiary/aromatic N) is 1. The molecule has 0 aromatic heterocycles. The van der Waals surface area contributed by atoms with Crippen LogP contribution >= 0.6 is 27.5 Å². The molecule has 6 rings (SSSR count). The Bertz CT molecular complexity index is 1910. The van der Waals surface area contributed by atoms with Crippen molar-refractivity contribution in [1.82, 2.24) is 0 Å². The average molecular weight is 667 g/mol. The Hall–Kier alpha value is -5.05. The van der Waals surface area contributed by atoms with Crippen LogP contribution in [-0.2, 0) is 4.74 Å². The van der Waals surface area contributed by atoms with Crippen LogP contribution in [0.25, 0.3) is 0 Å². The number of amides is 2. The molecule has 2 amide bonds. The molecule has 5 aromatic rings. The Morgan fingerprint density at radius 2 is 1.34 bits per heavy atom. The van der Waals surface area contributed by atoms with E-state index in [1.165, 1.54) is 30.3 Å². The predicted molar refractivity (Wildman–Crippen MR) is 169 cm³/mol. The highest BCUT2D eigenvalue weighted by Gasteiger charge is 2.37. The molecule has 0 N–H and O–H groups in total. The van der Waals surface area contributed by atoms with E-state index in [4.69, 9.17) is 21.1 Å². The third kappa shape index (κ3) is 5.90. The number of fused-ring (bicyclic) bond motifs is 1. The number of halogens is 2. The summed E-state index contributed by atoms with van der Waals surface area (Å²) in [7, 11) is 0. The molecule has 0 fully saturated rings. The van der Waals surface area contributed by atoms with Crippen LogP contribution in [-0.4, -0.2) is 23.6 Å². The van der Waals surface area contributed by atoms with Gasteiger partial charge in [0.1, 0.15) is 11.5 Å². The molecule has 0 saturated heterocycles. The lowest BCUT2D eigenvalue weighted by Crippen LogP contribution is -2.29. The third-order valence-electron chi connectivity index (χ3n) is 6.94. The van der Waals surface area contributed by atoms with Gasteiger partial charge >= 0.3 is 5.97 Å². The molecular formula is C35H21BrClNO6. The lowest BCUT2D eigenvalue weighted by Gasteiger charge is -2.19. The van der Waals surface area contributed by atoms with Gasteiger partial charge in [-0.25, -0.2) is 9.69 Å². The number of hydrogen-bond acceptors (Lipinski definition) is 6. The van der Waals surface area contributed by atoms with Crippen molar-refractivity contribution >= 4 is 56.8 Å². The molecule has 1 atom stereocenters. The zero-order chi connectivity index (χ0) is 30.8. The molecule has 9 heteroatoms. The maximum absolute atomic E-state index is 13.4. The van der Waals surface area contributed by atoms with E-state index < -0.39 is 29.7 Å². The zero-order valence-corrected chi connectivity index (χ0v) is 25.1. The van der Waals surface area contributed by atoms with E-state index in [0.29, 0.717) is 27.6 Å². The van der Waals surface area contributed by atoms with E-state index in [2.05, 4.69) is 15.9 Å². The fraction of sp³-hybridized carbons (Fsp3) is 0.0286. The topological polar surface area (TPSA) is 90.0 Å². The number of hydrogen-bond donors (Lipinski definition) is 0. The van der Waals surface area contributed by atoms with Crippen LogP contribution < -0.4 is 9.64 Å². The van der Waals surface area contributed by atoms with Crippen molar-refractivity contribution < 1.29 is 28.7 Å². The van der Waals surface area contributed by atoms with Crippen LogP contribution in [0.4, 0.5) is 5.69 Å². The van der Waals surface area contributed by atoms with Crippen LogP contribution in [0.3, 0.4) is 0 Å². The van der Waals surface area contributed by atoms with Crippen LogP contribution in [0.15, 0.2) is 126 Å². The van der Waals surface area contributed by atoms with Gasteiger partial charge in [-0.3, -0.25) is 14.4 Å². The fourth-order valence-electron chi connectivity index (χ4n) is 4.77. The molecule has 0 aliphatic carbocycles. The van der Waals surface area contributed by atoms with Gasteiger partial charge in [-0.2, -0.15) is 0 Å². The fourth-order valence-corrected chi connectivity index (χ4v) is 5.16. The van der Waals surface area contributed by atoms with E-state index in [1.54, 1.807) is 78.9 Å². The van der Waals surface area contributed by atoms with E-state index in [-0.39, 0.29) is 22.4 Å². The summed E-state index contributed by atoms with van der Waals surface area (Å²) >= 11 is 9.42. The van der Waals surface area contributed by atoms with E-state index in [0.717, 1.165) is 9.37 Å². The first-order valence-corrected chi connectivity index (χ1v) is 14.6. The summed E-state index contributed by atoms with van der Waals surface area (Å²) in [6.07, 6.45) is -1.26. The Morgan fingerprint density at radius 1 is 0.682 bits per heavy atom. The van der Waals surface area contributed by atoms with Gasteiger partial charge in [0.2, 0.25) is 5.78 Å². The van der Waals surface area contributed by atoms with E-state index in [1.807, 2.05) is 12.1 Å². The molecule has 1 aliphatic rings. The smallest absolute Gasteiger partial charge is 0.339 e. The maximum Gasteiger partial charge on any atom is 0.339 e. The zero-order valence-electron chi connectivity index (χ0n) is 22.8. The second-order valence-electron chi connectivity index (χ2n) is 9.83. The number of Topliss-reactive ketones (excluding diaryl/α,β-unsaturated/α-hetero) is 1. The number of esters is 1. The van der Waals surface area contributed by atoms with Crippen molar-refractivity contribution in [2.45, 2.75) is 6.10 Å². The van der Waals surface area contributed by atoms with Gasteiger partial charge in [0.15, 0.2) is 6.10 Å². The molecule has 1 aliphatic heterocycles. The second-order valence-corrected chi connectivity index (χ2v) is 11.2. The molecular weight excluding hydrogens is 646 g/mol. The molecule has 1 heterocycles. The molecule has 0 spiro atoms. The average Bonchev–Trinajstić information content (AvgIpc) is 3.30. The SMILES string of the molecule is O=C(O[C@@H](C(=O)c1ccccc1)c1ccc(Cl)cc1)c1cccc(N2C(=O)c3ccc(Oc4ccc(Br)cc4)cc3C2=O)c1. The van der Waals surface area contributed by atoms with E-state index in [9.17, 15) is 19.2 Å². The minimum atomic E-state index is -1.26. The molecule has 0 unspecified atom stereocenters. The molecule has 7 nitrogen and oxygen atoms in total. The predicted octanol–water partition coefficient (Wildman–Crippen LogP) is 8.48. The lowest BCUT2D eigenvalue weighted by atomic mass is 9.99. The van der Waals surface area contributed by atoms with Gasteiger partial charge in [0, 0.05) is 20.6 Å². The summed E-state index contributed by atoms with van der Waals surface area (Å²) in [5, 5.41) is 0.464. The highest BCUT2D eigenvalue weighted by molar-refractivity contribution is 9.10. The van der Waals surface area contributed by atoms with Crippen molar-refractivity contribution in [2.24, 2.45) is 0 Å². The molecule has 5 aromatic carbocycles. The van der Waals surface area contributed by atoms with Crippen LogP contribution in [0.5, 0.6) is 11.5 Å². The second kappa shape index (κ2) is 12.3. The summed E-state index contributed by atoms with van der Waals surface area (Å²) in [6.45, 7) is 0. The molecule has 0 radical (unpaired) electrons. The Labute approximate surface area is 265 Å². The number of benzene rings is 5. The molecule has 0 bridgehead atoms. The highest BCUT2D eigenvalue weighted by atomic mass is 79.9. The van der Waals surface area contributed by atoms with Crippen molar-refractivity contribution in [3.05, 3.63) is 159 Å². The Morgan fingerprint density at radius 3 is 2.07 bits per heavy atom. The summed E-state index contributed by atoms with van der Waals surface area (Å²) < 4.78 is 12.5. The molecule has 0 saturated carbocycles. The van der Waals surface area contributed by atoms with Crippen LogP contribution in [0.1, 0.15) is 53.1 Å². The first-order valence-electron chi connectivity index (χ1n) is 13.4. The minimum Gasteiger partial charge on any atom is -0.457 e. The number of ketones is 1. The maximum atomic E-state index is 13.4. The van der Waals surface area contributed by atoms with Gasteiger partial charge in [0.25, 0.3) is 11.8 Å². The Balaban J connectivity index is 1.25. The van der Waals surface area contributed by atoms with Gasteiger partial charge < -0.3 is 9.47 Å². The van der Waals surface area contributed by atoms with Gasteiger partial charge in [-0.15, -0.1) is 0 Å². The lowest BCUT2D eigenvalue weighted by molar-refractivity contribution is 0.0280. The number of carbonyl (C=O) groups is 4. The quantitative estimate of drug-likeness (QED) is 0.0938. The molecule has 216 valence electrons. The van der Waals surface area contributed by atoms with Crippen LogP contribution in [0.2, 0.25) is 5.02 Å². The number of rotatable bonds is 8. The largest absolute Gasteiger partial charge is 0.457 e. The number of anilines is 1. The van der Waals surface area contributed by atoms with Crippen molar-refractivity contribution in [2.75, 3.05) is 4.90 Å². The normalized spacial score (nSPS) is 12.9. The Kier molecular flexibility index (Phi) is 8.11. The summed E-state index contributed by atoms with van der Waals surface area (Å²) in [6, 6.07) is 32.7. The summed E-state index contributed by atoms with van der Waals surface area (Å²) in [5.41, 5.74) is 1.42. The summed E-state index contributed by atoms with van der Waals surface area (Å²) in [4.78, 5) is 54.6. The van der Waals surface area contributed by atoms with Gasteiger partial charge in [-0.05, 0) is 72.8 Å². The summed E-state index contributed by atoms with van der Waals surface area (Å²) in [5.74, 6) is -1.37. The van der Waals surface area contributed by atoms with Crippen molar-refractivity contribution in [3.63, 3.8) is 0 Å². The standard InChI is InChI=1S/C35H21BrClNO6/c36-24-11-15-27(16-12-24)43-28-17-18-29-30(20-28)34(41)38(33(29)40)26-8-4-7-23(19-26)35(42)44-32(22-9-13-25(37)14-10-22)31(39)21-5-2-1-3-6-21/h1-20,32H/t32-/m1/s1. The number of carbonyl (C=O) groups excluding carboxylic acids is 4.